The van der Waals surface area contributed by atoms with Crippen LogP contribution in [-0.4, -0.2) is 58.8 Å². The van der Waals surface area contributed by atoms with Gasteiger partial charge in [-0.15, -0.1) is 0 Å². The van der Waals surface area contributed by atoms with E-state index in [9.17, 15) is 9.90 Å². The molecule has 1 aromatic rings. The van der Waals surface area contributed by atoms with Crippen molar-refractivity contribution in [2.75, 3.05) is 26.2 Å². The molecule has 2 unspecified atom stereocenters. The summed E-state index contributed by atoms with van der Waals surface area (Å²) in [5, 5.41) is 10.4. The van der Waals surface area contributed by atoms with Crippen LogP contribution in [0, 0.1) is 0 Å². The number of amides is 1. The Hall–Kier alpha value is -1.59. The molecule has 0 spiro atoms. The molecule has 0 saturated carbocycles. The van der Waals surface area contributed by atoms with E-state index in [-0.39, 0.29) is 12.1 Å². The number of hydrogen-bond donors (Lipinski definition) is 1. The Labute approximate surface area is 138 Å². The summed E-state index contributed by atoms with van der Waals surface area (Å²) in [6.45, 7) is 10.3. The van der Waals surface area contributed by atoms with Crippen LogP contribution in [0.5, 0.6) is 0 Å². The van der Waals surface area contributed by atoms with Gasteiger partial charge >= 0.3 is 6.09 Å². The fourth-order valence-electron chi connectivity index (χ4n) is 2.76. The van der Waals surface area contributed by atoms with Crippen LogP contribution in [-0.2, 0) is 4.74 Å². The van der Waals surface area contributed by atoms with E-state index in [2.05, 4.69) is 11.8 Å². The van der Waals surface area contributed by atoms with Gasteiger partial charge in [0.25, 0.3) is 0 Å². The molecule has 5 nitrogen and oxygen atoms in total. The average molecular weight is 320 g/mol. The van der Waals surface area contributed by atoms with Crippen molar-refractivity contribution >= 4 is 6.09 Å². The molecule has 1 heterocycles. The van der Waals surface area contributed by atoms with Gasteiger partial charge in [0.15, 0.2) is 0 Å². The van der Waals surface area contributed by atoms with Gasteiger partial charge in [0.1, 0.15) is 5.60 Å². The SMILES string of the molecule is CC1CN(C(=O)OC(C)(C)C)CCN1CC(O)c1ccccc1. The van der Waals surface area contributed by atoms with Gasteiger partial charge in [-0.2, -0.15) is 0 Å². The molecule has 128 valence electrons. The number of aliphatic hydroxyl groups excluding tert-OH is 1. The second kappa shape index (κ2) is 7.32. The van der Waals surface area contributed by atoms with E-state index in [1.54, 1.807) is 4.90 Å². The van der Waals surface area contributed by atoms with Crippen LogP contribution in [0.2, 0.25) is 0 Å². The molecule has 5 heteroatoms. The third-order valence-electron chi connectivity index (χ3n) is 4.01. The summed E-state index contributed by atoms with van der Waals surface area (Å²) in [5.41, 5.74) is 0.454. The highest BCUT2D eigenvalue weighted by Crippen LogP contribution is 2.19. The van der Waals surface area contributed by atoms with E-state index in [1.165, 1.54) is 0 Å². The predicted molar refractivity (Wildman–Crippen MR) is 90.2 cm³/mol. The van der Waals surface area contributed by atoms with Gasteiger partial charge in [0, 0.05) is 32.2 Å². The zero-order valence-corrected chi connectivity index (χ0v) is 14.5. The molecule has 0 aromatic heterocycles. The molecular weight excluding hydrogens is 292 g/mol. The maximum Gasteiger partial charge on any atom is 0.410 e. The van der Waals surface area contributed by atoms with Crippen LogP contribution in [0.4, 0.5) is 4.79 Å². The Kier molecular flexibility index (Phi) is 5.65. The van der Waals surface area contributed by atoms with Gasteiger partial charge < -0.3 is 14.7 Å². The zero-order chi connectivity index (χ0) is 17.0. The van der Waals surface area contributed by atoms with Gasteiger partial charge in [0.2, 0.25) is 0 Å². The monoisotopic (exact) mass is 320 g/mol. The van der Waals surface area contributed by atoms with Crippen LogP contribution < -0.4 is 0 Å². The highest BCUT2D eigenvalue weighted by Gasteiger charge is 2.30. The van der Waals surface area contributed by atoms with Crippen molar-refractivity contribution in [2.45, 2.75) is 45.4 Å². The first kappa shape index (κ1) is 17.8. The summed E-state index contributed by atoms with van der Waals surface area (Å²) < 4.78 is 5.43. The number of carbonyl (C=O) groups is 1. The van der Waals surface area contributed by atoms with Gasteiger partial charge in [-0.25, -0.2) is 4.79 Å². The van der Waals surface area contributed by atoms with E-state index >= 15 is 0 Å². The maximum atomic E-state index is 12.1. The molecule has 1 N–H and O–H groups in total. The summed E-state index contributed by atoms with van der Waals surface area (Å²) in [4.78, 5) is 16.1. The van der Waals surface area contributed by atoms with E-state index in [0.717, 1.165) is 12.1 Å². The fourth-order valence-corrected chi connectivity index (χ4v) is 2.76. The Bertz CT molecular complexity index is 513. The first-order valence-electron chi connectivity index (χ1n) is 8.21. The second-order valence-electron chi connectivity index (χ2n) is 7.20. The molecule has 0 aliphatic carbocycles. The molecule has 1 fully saturated rings. The van der Waals surface area contributed by atoms with Crippen LogP contribution in [0.25, 0.3) is 0 Å². The Morgan fingerprint density at radius 1 is 1.30 bits per heavy atom. The van der Waals surface area contributed by atoms with Crippen molar-refractivity contribution in [2.24, 2.45) is 0 Å². The van der Waals surface area contributed by atoms with Crippen molar-refractivity contribution in [1.29, 1.82) is 0 Å². The lowest BCUT2D eigenvalue weighted by atomic mass is 10.1. The number of carbonyl (C=O) groups excluding carboxylic acids is 1. The van der Waals surface area contributed by atoms with Crippen LogP contribution in [0.1, 0.15) is 39.4 Å². The molecular formula is C18H28N2O3. The van der Waals surface area contributed by atoms with Crippen LogP contribution >= 0.6 is 0 Å². The van der Waals surface area contributed by atoms with Gasteiger partial charge in [-0.3, -0.25) is 4.90 Å². The number of hydrogen-bond acceptors (Lipinski definition) is 4. The summed E-state index contributed by atoms with van der Waals surface area (Å²) in [6.07, 6.45) is -0.765. The van der Waals surface area contributed by atoms with E-state index in [4.69, 9.17) is 4.74 Å². The van der Waals surface area contributed by atoms with E-state index in [1.807, 2.05) is 51.1 Å². The topological polar surface area (TPSA) is 53.0 Å². The number of piperazine rings is 1. The zero-order valence-electron chi connectivity index (χ0n) is 14.5. The summed E-state index contributed by atoms with van der Waals surface area (Å²) in [6, 6.07) is 9.87. The van der Waals surface area contributed by atoms with Crippen molar-refractivity contribution in [3.8, 4) is 0 Å². The molecule has 0 radical (unpaired) electrons. The third kappa shape index (κ3) is 5.22. The minimum atomic E-state index is -0.508. The first-order valence-corrected chi connectivity index (χ1v) is 8.21. The average Bonchev–Trinajstić information content (AvgIpc) is 2.48. The highest BCUT2D eigenvalue weighted by atomic mass is 16.6. The molecule has 1 aromatic carbocycles. The first-order chi connectivity index (χ1) is 10.8. The quantitative estimate of drug-likeness (QED) is 0.930. The number of rotatable bonds is 3. The predicted octanol–water partition coefficient (Wildman–Crippen LogP) is 2.66. The lowest BCUT2D eigenvalue weighted by molar-refractivity contribution is -0.00192. The standard InChI is InChI=1S/C18H28N2O3/c1-14-12-20(17(22)23-18(2,3)4)11-10-19(14)13-16(21)15-8-6-5-7-9-15/h5-9,14,16,21H,10-13H2,1-4H3. The Balaban J connectivity index is 1.88. The molecule has 1 amide bonds. The van der Waals surface area contributed by atoms with E-state index < -0.39 is 11.7 Å². The fraction of sp³-hybridized carbons (Fsp3) is 0.611. The number of β-amino-alcohol motifs (C(OH)–C–C–N with tert-alkyl or cyclic N) is 1. The second-order valence-corrected chi connectivity index (χ2v) is 7.20. The van der Waals surface area contributed by atoms with Crippen molar-refractivity contribution in [3.05, 3.63) is 35.9 Å². The molecule has 0 bridgehead atoms. The number of ether oxygens (including phenoxy) is 1. The largest absolute Gasteiger partial charge is 0.444 e. The van der Waals surface area contributed by atoms with Gasteiger partial charge in [-0.05, 0) is 33.3 Å². The van der Waals surface area contributed by atoms with Crippen LogP contribution in [0.15, 0.2) is 30.3 Å². The molecule has 1 aliphatic heterocycles. The lowest BCUT2D eigenvalue weighted by Crippen LogP contribution is -2.55. The Morgan fingerprint density at radius 3 is 2.52 bits per heavy atom. The Morgan fingerprint density at radius 2 is 1.96 bits per heavy atom. The normalized spacial score (nSPS) is 21.1. The highest BCUT2D eigenvalue weighted by molar-refractivity contribution is 5.68. The van der Waals surface area contributed by atoms with Crippen molar-refractivity contribution < 1.29 is 14.6 Å². The van der Waals surface area contributed by atoms with Crippen LogP contribution in [0.3, 0.4) is 0 Å². The number of aliphatic hydroxyl groups is 1. The summed E-state index contributed by atoms with van der Waals surface area (Å²) in [5.74, 6) is 0. The van der Waals surface area contributed by atoms with Crippen molar-refractivity contribution in [3.63, 3.8) is 0 Å². The van der Waals surface area contributed by atoms with Gasteiger partial charge in [0.05, 0.1) is 6.10 Å². The molecule has 1 saturated heterocycles. The number of benzene rings is 1. The third-order valence-corrected chi connectivity index (χ3v) is 4.01. The van der Waals surface area contributed by atoms with Gasteiger partial charge in [-0.1, -0.05) is 30.3 Å². The van der Waals surface area contributed by atoms with E-state index in [0.29, 0.717) is 19.6 Å². The molecule has 2 rings (SSSR count). The maximum absolute atomic E-state index is 12.1. The summed E-state index contributed by atoms with van der Waals surface area (Å²) in [7, 11) is 0. The lowest BCUT2D eigenvalue weighted by Gasteiger charge is -2.40. The summed E-state index contributed by atoms with van der Waals surface area (Å²) >= 11 is 0. The number of nitrogens with zero attached hydrogens (tertiary/aromatic N) is 2. The minimum Gasteiger partial charge on any atom is -0.444 e. The minimum absolute atomic E-state index is 0.189. The molecule has 2 atom stereocenters. The molecule has 23 heavy (non-hydrogen) atoms. The smallest absolute Gasteiger partial charge is 0.410 e. The van der Waals surface area contributed by atoms with Crippen molar-refractivity contribution in [1.82, 2.24) is 9.80 Å². The molecule has 1 aliphatic rings.